The maximum atomic E-state index is 3.70. The van der Waals surface area contributed by atoms with Gasteiger partial charge in [-0.05, 0) is 12.3 Å². The van der Waals surface area contributed by atoms with Crippen molar-refractivity contribution >= 4 is 0 Å². The minimum atomic E-state index is 0.710. The summed E-state index contributed by atoms with van der Waals surface area (Å²) in [6.07, 6.45) is 2.91. The molecule has 0 saturated carbocycles. The fourth-order valence-corrected chi connectivity index (χ4v) is 0.453. The molecule has 9 heavy (non-hydrogen) atoms. The number of hydrogen-bond donors (Lipinski definition) is 0. The van der Waals surface area contributed by atoms with Crippen LogP contribution in [0.1, 0.15) is 33.1 Å². The van der Waals surface area contributed by atoms with Crippen molar-refractivity contribution in [1.82, 2.24) is 0 Å². The SMILES string of the molecule is [CH2]CCC#CCC(C)C. The van der Waals surface area contributed by atoms with E-state index in [1.54, 1.807) is 0 Å². The van der Waals surface area contributed by atoms with Crippen molar-refractivity contribution in [3.05, 3.63) is 6.92 Å². The Balaban J connectivity index is 3.16. The van der Waals surface area contributed by atoms with Crippen LogP contribution < -0.4 is 0 Å². The first-order valence-corrected chi connectivity index (χ1v) is 3.52. The lowest BCUT2D eigenvalue weighted by Crippen LogP contribution is -1.81. The Morgan fingerprint density at radius 2 is 2.00 bits per heavy atom. The normalized spacial score (nSPS) is 8.89. The molecule has 0 aliphatic rings. The summed E-state index contributed by atoms with van der Waals surface area (Å²) in [6, 6.07) is 0. The highest BCUT2D eigenvalue weighted by molar-refractivity contribution is 4.99. The fraction of sp³-hybridized carbons (Fsp3) is 0.667. The van der Waals surface area contributed by atoms with Gasteiger partial charge < -0.3 is 0 Å². The Labute approximate surface area is 58.7 Å². The topological polar surface area (TPSA) is 0 Å². The molecule has 0 atom stereocenters. The second-order valence-corrected chi connectivity index (χ2v) is 2.56. The van der Waals surface area contributed by atoms with Gasteiger partial charge in [-0.1, -0.05) is 20.8 Å². The summed E-state index contributed by atoms with van der Waals surface area (Å²) in [4.78, 5) is 0. The summed E-state index contributed by atoms with van der Waals surface area (Å²) in [5, 5.41) is 0. The lowest BCUT2D eigenvalue weighted by molar-refractivity contribution is 0.675. The average molecular weight is 123 g/mol. The molecule has 0 nitrogen and oxygen atoms in total. The van der Waals surface area contributed by atoms with Crippen molar-refractivity contribution in [2.45, 2.75) is 33.1 Å². The van der Waals surface area contributed by atoms with Crippen LogP contribution in [-0.2, 0) is 0 Å². The van der Waals surface area contributed by atoms with E-state index in [0.717, 1.165) is 19.3 Å². The first-order chi connectivity index (χ1) is 4.27. The Morgan fingerprint density at radius 3 is 2.44 bits per heavy atom. The maximum Gasteiger partial charge on any atom is 0.0112 e. The average Bonchev–Trinajstić information content (AvgIpc) is 1.80. The Bertz CT molecular complexity index is 101. The Kier molecular flexibility index (Phi) is 5.41. The van der Waals surface area contributed by atoms with Gasteiger partial charge in [-0.25, -0.2) is 0 Å². The maximum absolute atomic E-state index is 3.70. The van der Waals surface area contributed by atoms with Crippen LogP contribution in [0.5, 0.6) is 0 Å². The van der Waals surface area contributed by atoms with Crippen molar-refractivity contribution in [2.75, 3.05) is 0 Å². The van der Waals surface area contributed by atoms with Gasteiger partial charge in [0.15, 0.2) is 0 Å². The third kappa shape index (κ3) is 7.56. The smallest absolute Gasteiger partial charge is 0.0112 e. The van der Waals surface area contributed by atoms with Crippen LogP contribution in [0.25, 0.3) is 0 Å². The van der Waals surface area contributed by atoms with Crippen LogP contribution in [-0.4, -0.2) is 0 Å². The monoisotopic (exact) mass is 123 g/mol. The van der Waals surface area contributed by atoms with Gasteiger partial charge in [0.1, 0.15) is 0 Å². The molecular formula is C9H15. The fourth-order valence-electron chi connectivity index (χ4n) is 0.453. The predicted octanol–water partition coefficient (Wildman–Crippen LogP) is 2.65. The molecule has 0 heteroatoms. The number of unbranched alkanes of at least 4 members (excludes halogenated alkanes) is 1. The van der Waals surface area contributed by atoms with Crippen molar-refractivity contribution < 1.29 is 0 Å². The molecule has 0 spiro atoms. The van der Waals surface area contributed by atoms with E-state index in [1.165, 1.54) is 0 Å². The largest absolute Gasteiger partial charge is 0.103 e. The molecule has 0 aliphatic carbocycles. The molecule has 0 N–H and O–H groups in total. The third-order valence-corrected chi connectivity index (χ3v) is 0.937. The van der Waals surface area contributed by atoms with Gasteiger partial charge in [0.05, 0.1) is 0 Å². The zero-order valence-electron chi connectivity index (χ0n) is 6.41. The minimum absolute atomic E-state index is 0.710. The summed E-state index contributed by atoms with van der Waals surface area (Å²) in [5.74, 6) is 6.86. The van der Waals surface area contributed by atoms with Crippen LogP contribution in [0.15, 0.2) is 0 Å². The lowest BCUT2D eigenvalue weighted by atomic mass is 10.1. The van der Waals surface area contributed by atoms with E-state index in [0.29, 0.717) is 5.92 Å². The van der Waals surface area contributed by atoms with Crippen LogP contribution in [0.4, 0.5) is 0 Å². The molecule has 1 radical (unpaired) electrons. The van der Waals surface area contributed by atoms with Crippen LogP contribution in [0.2, 0.25) is 0 Å². The molecule has 0 rings (SSSR count). The zero-order valence-corrected chi connectivity index (χ0v) is 6.41. The molecule has 0 heterocycles. The van der Waals surface area contributed by atoms with E-state index < -0.39 is 0 Å². The standard InChI is InChI=1S/C9H15/c1-4-5-6-7-8-9(2)3/h9H,1,4-5,8H2,2-3H3. The van der Waals surface area contributed by atoms with Crippen LogP contribution in [0, 0.1) is 24.7 Å². The summed E-state index contributed by atoms with van der Waals surface area (Å²) in [7, 11) is 0. The van der Waals surface area contributed by atoms with Crippen LogP contribution in [0.3, 0.4) is 0 Å². The molecule has 0 saturated heterocycles. The zero-order chi connectivity index (χ0) is 7.11. The van der Waals surface area contributed by atoms with Gasteiger partial charge in [-0.15, -0.1) is 11.8 Å². The molecule has 0 aliphatic heterocycles. The molecule has 0 aromatic carbocycles. The number of rotatable bonds is 2. The molecule has 0 aromatic heterocycles. The van der Waals surface area contributed by atoms with E-state index in [1.807, 2.05) is 0 Å². The molecule has 0 aromatic rings. The first-order valence-electron chi connectivity index (χ1n) is 3.52. The highest BCUT2D eigenvalue weighted by Gasteiger charge is 1.84. The highest BCUT2D eigenvalue weighted by Crippen LogP contribution is 1.96. The van der Waals surface area contributed by atoms with Gasteiger partial charge in [0.2, 0.25) is 0 Å². The minimum Gasteiger partial charge on any atom is -0.103 e. The predicted molar refractivity (Wildman–Crippen MR) is 41.8 cm³/mol. The number of hydrogen-bond acceptors (Lipinski definition) is 0. The molecule has 0 bridgehead atoms. The van der Waals surface area contributed by atoms with Gasteiger partial charge in [0.25, 0.3) is 0 Å². The molecule has 51 valence electrons. The van der Waals surface area contributed by atoms with Crippen LogP contribution >= 0.6 is 0 Å². The summed E-state index contributed by atoms with van der Waals surface area (Å²) < 4.78 is 0. The lowest BCUT2D eigenvalue weighted by Gasteiger charge is -1.92. The highest BCUT2D eigenvalue weighted by atomic mass is 13.9. The van der Waals surface area contributed by atoms with Crippen molar-refractivity contribution in [3.63, 3.8) is 0 Å². The van der Waals surface area contributed by atoms with Crippen molar-refractivity contribution in [1.29, 1.82) is 0 Å². The van der Waals surface area contributed by atoms with Gasteiger partial charge in [-0.2, -0.15) is 0 Å². The summed E-state index contributed by atoms with van der Waals surface area (Å²) in [5.41, 5.74) is 0. The molecule has 0 fully saturated rings. The van der Waals surface area contributed by atoms with Gasteiger partial charge in [0, 0.05) is 12.8 Å². The molecular weight excluding hydrogens is 108 g/mol. The second-order valence-electron chi connectivity index (χ2n) is 2.56. The summed E-state index contributed by atoms with van der Waals surface area (Å²) >= 11 is 0. The third-order valence-electron chi connectivity index (χ3n) is 0.937. The Morgan fingerprint density at radius 1 is 1.33 bits per heavy atom. The van der Waals surface area contributed by atoms with E-state index in [4.69, 9.17) is 0 Å². The van der Waals surface area contributed by atoms with E-state index in [-0.39, 0.29) is 0 Å². The second kappa shape index (κ2) is 5.69. The van der Waals surface area contributed by atoms with E-state index >= 15 is 0 Å². The van der Waals surface area contributed by atoms with E-state index in [2.05, 4.69) is 32.6 Å². The molecule has 0 unspecified atom stereocenters. The first kappa shape index (κ1) is 8.56. The van der Waals surface area contributed by atoms with Gasteiger partial charge >= 0.3 is 0 Å². The Hall–Kier alpha value is -0.440. The van der Waals surface area contributed by atoms with E-state index in [9.17, 15) is 0 Å². The summed E-state index contributed by atoms with van der Waals surface area (Å²) in [6.45, 7) is 8.06. The van der Waals surface area contributed by atoms with Crippen molar-refractivity contribution in [2.24, 2.45) is 5.92 Å². The van der Waals surface area contributed by atoms with Gasteiger partial charge in [-0.3, -0.25) is 0 Å². The quantitative estimate of drug-likeness (QED) is 0.495. The van der Waals surface area contributed by atoms with Crippen molar-refractivity contribution in [3.8, 4) is 11.8 Å². The molecule has 0 amide bonds.